The molecular weight excluding hydrogens is 258 g/mol. The van der Waals surface area contributed by atoms with Crippen LogP contribution in [-0.2, 0) is 13.0 Å². The summed E-state index contributed by atoms with van der Waals surface area (Å²) >= 11 is 0. The molecule has 0 radical (unpaired) electrons. The number of nitrogen functional groups attached to an aromatic ring is 1. The maximum absolute atomic E-state index is 11.6. The van der Waals surface area contributed by atoms with Gasteiger partial charge in [0.2, 0.25) is 0 Å². The van der Waals surface area contributed by atoms with Crippen LogP contribution in [0.25, 0.3) is 0 Å². The molecule has 3 N–H and O–H groups in total. The Hall–Kier alpha value is -2.50. The highest BCUT2D eigenvalue weighted by molar-refractivity contribution is 5.51. The Morgan fingerprint density at radius 2 is 2.05 bits per heavy atom. The van der Waals surface area contributed by atoms with Gasteiger partial charge < -0.3 is 10.5 Å². The fourth-order valence-corrected chi connectivity index (χ4v) is 1.84. The normalized spacial score (nSPS) is 10.4. The first-order chi connectivity index (χ1) is 9.61. The topological polar surface area (TPSA) is 90.1 Å². The fraction of sp³-hybridized carbons (Fsp3) is 0.286. The van der Waals surface area contributed by atoms with Crippen molar-refractivity contribution in [3.63, 3.8) is 0 Å². The van der Waals surface area contributed by atoms with Gasteiger partial charge in [0.25, 0.3) is 5.56 Å². The lowest BCUT2D eigenvalue weighted by Gasteiger charge is -2.10. The van der Waals surface area contributed by atoms with Crippen molar-refractivity contribution in [1.29, 1.82) is 0 Å². The summed E-state index contributed by atoms with van der Waals surface area (Å²) in [5, 5.41) is 0. The molecule has 2 aromatic rings. The number of nitrogens with zero attached hydrogens (tertiary/aromatic N) is 1. The number of aromatic nitrogens is 2. The predicted molar refractivity (Wildman–Crippen MR) is 77.1 cm³/mol. The van der Waals surface area contributed by atoms with E-state index in [4.69, 9.17) is 10.5 Å². The van der Waals surface area contributed by atoms with Crippen LogP contribution in [0.3, 0.4) is 0 Å². The van der Waals surface area contributed by atoms with E-state index in [0.29, 0.717) is 36.6 Å². The van der Waals surface area contributed by atoms with Crippen molar-refractivity contribution in [1.82, 2.24) is 9.55 Å². The molecule has 106 valence electrons. The third-order valence-electron chi connectivity index (χ3n) is 2.97. The van der Waals surface area contributed by atoms with Crippen molar-refractivity contribution in [2.45, 2.75) is 19.9 Å². The third kappa shape index (κ3) is 3.09. The van der Waals surface area contributed by atoms with Gasteiger partial charge in [-0.05, 0) is 18.6 Å². The number of benzene rings is 1. The van der Waals surface area contributed by atoms with E-state index >= 15 is 0 Å². The molecule has 0 aliphatic carbocycles. The minimum atomic E-state index is -0.433. The maximum atomic E-state index is 11.6. The number of para-hydroxylation sites is 2. The Balaban J connectivity index is 2.07. The van der Waals surface area contributed by atoms with Crippen LogP contribution in [0.4, 0.5) is 5.69 Å². The summed E-state index contributed by atoms with van der Waals surface area (Å²) < 4.78 is 6.95. The number of aromatic amines is 1. The lowest BCUT2D eigenvalue weighted by Crippen LogP contribution is -2.32. The van der Waals surface area contributed by atoms with Gasteiger partial charge in [0.15, 0.2) is 0 Å². The van der Waals surface area contributed by atoms with Gasteiger partial charge in [-0.3, -0.25) is 14.3 Å². The second-order valence-corrected chi connectivity index (χ2v) is 4.35. The first-order valence-electron chi connectivity index (χ1n) is 6.41. The summed E-state index contributed by atoms with van der Waals surface area (Å²) in [5.74, 6) is 0.584. The van der Waals surface area contributed by atoms with Crippen LogP contribution in [0, 0.1) is 0 Å². The Morgan fingerprint density at radius 3 is 2.75 bits per heavy atom. The Kier molecular flexibility index (Phi) is 4.24. The van der Waals surface area contributed by atoms with Crippen LogP contribution >= 0.6 is 0 Å². The number of rotatable bonds is 5. The average molecular weight is 275 g/mol. The zero-order chi connectivity index (χ0) is 14.5. The largest absolute Gasteiger partial charge is 0.490 e. The van der Waals surface area contributed by atoms with Crippen molar-refractivity contribution in [2.75, 3.05) is 12.3 Å². The van der Waals surface area contributed by atoms with Gasteiger partial charge >= 0.3 is 5.69 Å². The first-order valence-corrected chi connectivity index (χ1v) is 6.41. The molecule has 6 heteroatoms. The molecule has 0 saturated carbocycles. The van der Waals surface area contributed by atoms with E-state index < -0.39 is 5.69 Å². The van der Waals surface area contributed by atoms with E-state index in [1.165, 1.54) is 4.57 Å². The molecule has 0 spiro atoms. The second kappa shape index (κ2) is 6.10. The molecule has 1 aromatic heterocycles. The minimum absolute atomic E-state index is 0.295. The van der Waals surface area contributed by atoms with Crippen molar-refractivity contribution in [3.05, 3.63) is 56.9 Å². The molecule has 20 heavy (non-hydrogen) atoms. The van der Waals surface area contributed by atoms with Crippen LogP contribution in [-0.4, -0.2) is 16.2 Å². The van der Waals surface area contributed by atoms with E-state index in [0.717, 1.165) is 0 Å². The number of aryl methyl sites for hydroxylation is 1. The lowest BCUT2D eigenvalue weighted by molar-refractivity contribution is 0.296. The summed E-state index contributed by atoms with van der Waals surface area (Å²) in [6.45, 7) is 2.50. The Morgan fingerprint density at radius 1 is 1.30 bits per heavy atom. The highest BCUT2D eigenvalue weighted by Crippen LogP contribution is 2.19. The van der Waals surface area contributed by atoms with Crippen molar-refractivity contribution >= 4 is 5.69 Å². The molecule has 0 bridgehead atoms. The number of hydrogen-bond acceptors (Lipinski definition) is 4. The van der Waals surface area contributed by atoms with E-state index in [-0.39, 0.29) is 5.56 Å². The van der Waals surface area contributed by atoms with Crippen LogP contribution in [0.1, 0.15) is 12.5 Å². The number of anilines is 1. The SMILES string of the molecule is CCc1cn(CCOc2ccccc2N)c(=O)[nH]c1=O. The van der Waals surface area contributed by atoms with Crippen LogP contribution in [0.5, 0.6) is 5.75 Å². The molecule has 2 rings (SSSR count). The molecule has 0 unspecified atom stereocenters. The van der Waals surface area contributed by atoms with Crippen LogP contribution < -0.4 is 21.7 Å². The van der Waals surface area contributed by atoms with Crippen LogP contribution in [0.15, 0.2) is 40.1 Å². The van der Waals surface area contributed by atoms with Crippen molar-refractivity contribution in [2.24, 2.45) is 0 Å². The fourth-order valence-electron chi connectivity index (χ4n) is 1.84. The molecule has 0 fully saturated rings. The zero-order valence-corrected chi connectivity index (χ0v) is 11.3. The quantitative estimate of drug-likeness (QED) is 0.788. The minimum Gasteiger partial charge on any atom is -0.490 e. The van der Waals surface area contributed by atoms with E-state index in [1.54, 1.807) is 18.3 Å². The van der Waals surface area contributed by atoms with Gasteiger partial charge in [0, 0.05) is 11.8 Å². The van der Waals surface area contributed by atoms with Gasteiger partial charge in [-0.1, -0.05) is 19.1 Å². The number of H-pyrrole nitrogens is 1. The Labute approximate surface area is 115 Å². The summed E-state index contributed by atoms with van der Waals surface area (Å²) in [7, 11) is 0. The molecule has 0 aliphatic heterocycles. The predicted octanol–water partition coefficient (Wildman–Crippen LogP) is 0.760. The van der Waals surface area contributed by atoms with E-state index in [1.807, 2.05) is 19.1 Å². The smallest absolute Gasteiger partial charge is 0.328 e. The van der Waals surface area contributed by atoms with Gasteiger partial charge in [-0.15, -0.1) is 0 Å². The first kappa shape index (κ1) is 13.9. The van der Waals surface area contributed by atoms with E-state index in [2.05, 4.69) is 4.98 Å². The molecule has 6 nitrogen and oxygen atoms in total. The summed E-state index contributed by atoms with van der Waals surface area (Å²) in [4.78, 5) is 25.4. The number of nitrogens with two attached hydrogens (primary N) is 1. The molecule has 1 aromatic carbocycles. The van der Waals surface area contributed by atoms with Crippen molar-refractivity contribution < 1.29 is 4.74 Å². The molecule has 0 amide bonds. The summed E-state index contributed by atoms with van der Waals surface area (Å²) in [6, 6.07) is 7.16. The molecule has 0 aliphatic rings. The number of nitrogens with one attached hydrogen (secondary N) is 1. The summed E-state index contributed by atoms with van der Waals surface area (Å²) in [6.07, 6.45) is 2.14. The third-order valence-corrected chi connectivity index (χ3v) is 2.97. The zero-order valence-electron chi connectivity index (χ0n) is 11.3. The van der Waals surface area contributed by atoms with Gasteiger partial charge in [0.05, 0.1) is 12.2 Å². The van der Waals surface area contributed by atoms with E-state index in [9.17, 15) is 9.59 Å². The monoisotopic (exact) mass is 275 g/mol. The highest BCUT2D eigenvalue weighted by Gasteiger charge is 2.04. The molecular formula is C14H17N3O3. The van der Waals surface area contributed by atoms with Gasteiger partial charge in [-0.2, -0.15) is 0 Å². The maximum Gasteiger partial charge on any atom is 0.328 e. The lowest BCUT2D eigenvalue weighted by atomic mass is 10.3. The standard InChI is InChI=1S/C14H17N3O3/c1-2-10-9-17(14(19)16-13(10)18)7-8-20-12-6-4-3-5-11(12)15/h3-6,9H,2,7-8,15H2,1H3,(H,16,18,19). The van der Waals surface area contributed by atoms with Crippen molar-refractivity contribution in [3.8, 4) is 5.75 Å². The summed E-state index contributed by atoms with van der Waals surface area (Å²) in [5.41, 5.74) is 6.11. The number of hydrogen-bond donors (Lipinski definition) is 2. The van der Waals surface area contributed by atoms with Gasteiger partial charge in [0.1, 0.15) is 12.4 Å². The van der Waals surface area contributed by atoms with Crippen LogP contribution in [0.2, 0.25) is 0 Å². The second-order valence-electron chi connectivity index (χ2n) is 4.35. The molecule has 0 atom stereocenters. The number of ether oxygens (including phenoxy) is 1. The Bertz CT molecular complexity index is 703. The highest BCUT2D eigenvalue weighted by atomic mass is 16.5. The molecule has 0 saturated heterocycles. The molecule has 1 heterocycles. The van der Waals surface area contributed by atoms with Gasteiger partial charge in [-0.25, -0.2) is 4.79 Å². The average Bonchev–Trinajstić information content (AvgIpc) is 2.43.